The highest BCUT2D eigenvalue weighted by atomic mass is 16.2. The van der Waals surface area contributed by atoms with Gasteiger partial charge in [-0.05, 0) is 42.3 Å². The molecule has 0 unspecified atom stereocenters. The Hall–Kier alpha value is -3.47. The normalized spacial score (nSPS) is 10.7. The lowest BCUT2D eigenvalue weighted by atomic mass is 10.1. The third-order valence-corrected chi connectivity index (χ3v) is 4.16. The van der Waals surface area contributed by atoms with Crippen LogP contribution in [0.4, 0.5) is 5.69 Å². The number of hydrazone groups is 1. The van der Waals surface area contributed by atoms with Crippen LogP contribution >= 0.6 is 0 Å². The Morgan fingerprint density at radius 2 is 1.85 bits per heavy atom. The summed E-state index contributed by atoms with van der Waals surface area (Å²) in [5, 5.41) is 4.01. The standard InChI is InChI=1S/C22H22N4O/c1-2-26(17-19-7-4-3-5-8-19)21-12-10-18(11-13-21)15-24-25-22(27)20-9-6-14-23-16-20/h3-16H,2,17H2,1H3,(H,25,27)/b24-15+. The van der Waals surface area contributed by atoms with Gasteiger partial charge in [0.1, 0.15) is 0 Å². The van der Waals surface area contributed by atoms with Crippen molar-refractivity contribution in [1.82, 2.24) is 10.4 Å². The summed E-state index contributed by atoms with van der Waals surface area (Å²) in [6, 6.07) is 21.9. The summed E-state index contributed by atoms with van der Waals surface area (Å²) < 4.78 is 0. The maximum absolute atomic E-state index is 11.9. The first kappa shape index (κ1) is 18.3. The molecule has 0 aliphatic carbocycles. The molecule has 1 aromatic heterocycles. The van der Waals surface area contributed by atoms with Crippen LogP contribution in [0.3, 0.4) is 0 Å². The second kappa shape index (κ2) is 9.29. The Bertz CT molecular complexity index is 877. The first-order valence-corrected chi connectivity index (χ1v) is 8.88. The average molecular weight is 358 g/mol. The summed E-state index contributed by atoms with van der Waals surface area (Å²) in [6.07, 6.45) is 4.76. The lowest BCUT2D eigenvalue weighted by Gasteiger charge is -2.23. The zero-order valence-electron chi connectivity index (χ0n) is 15.2. The van der Waals surface area contributed by atoms with Gasteiger partial charge in [0.05, 0.1) is 11.8 Å². The van der Waals surface area contributed by atoms with Gasteiger partial charge < -0.3 is 4.90 Å². The van der Waals surface area contributed by atoms with Crippen LogP contribution in [0.1, 0.15) is 28.4 Å². The highest BCUT2D eigenvalue weighted by molar-refractivity contribution is 5.94. The predicted octanol–water partition coefficient (Wildman–Crippen LogP) is 3.87. The molecule has 1 N–H and O–H groups in total. The number of nitrogens with one attached hydrogen (secondary N) is 1. The molecular weight excluding hydrogens is 336 g/mol. The molecule has 0 radical (unpaired) electrons. The van der Waals surface area contributed by atoms with Crippen LogP contribution in [0.25, 0.3) is 0 Å². The van der Waals surface area contributed by atoms with E-state index in [1.54, 1.807) is 24.5 Å². The fourth-order valence-corrected chi connectivity index (χ4v) is 2.69. The Morgan fingerprint density at radius 3 is 2.52 bits per heavy atom. The van der Waals surface area contributed by atoms with Crippen molar-refractivity contribution in [2.45, 2.75) is 13.5 Å². The molecule has 0 fully saturated rings. The van der Waals surface area contributed by atoms with Crippen molar-refractivity contribution in [2.75, 3.05) is 11.4 Å². The number of aromatic nitrogens is 1. The third-order valence-electron chi connectivity index (χ3n) is 4.16. The molecule has 3 rings (SSSR count). The smallest absolute Gasteiger partial charge is 0.272 e. The summed E-state index contributed by atoms with van der Waals surface area (Å²) in [5.41, 5.74) is 6.33. The van der Waals surface area contributed by atoms with Crippen LogP contribution in [-0.2, 0) is 6.54 Å². The number of rotatable bonds is 7. The summed E-state index contributed by atoms with van der Waals surface area (Å²) in [4.78, 5) is 18.1. The number of pyridine rings is 1. The van der Waals surface area contributed by atoms with E-state index < -0.39 is 0 Å². The molecular formula is C22H22N4O. The minimum atomic E-state index is -0.281. The monoisotopic (exact) mass is 358 g/mol. The number of hydrogen-bond donors (Lipinski definition) is 1. The highest BCUT2D eigenvalue weighted by Gasteiger charge is 2.05. The SMILES string of the molecule is CCN(Cc1ccccc1)c1ccc(/C=N/NC(=O)c2cccnc2)cc1. The van der Waals surface area contributed by atoms with E-state index in [9.17, 15) is 4.79 Å². The van der Waals surface area contributed by atoms with Gasteiger partial charge in [-0.3, -0.25) is 9.78 Å². The zero-order valence-corrected chi connectivity index (χ0v) is 15.2. The average Bonchev–Trinajstić information content (AvgIpc) is 2.74. The molecule has 0 atom stereocenters. The predicted molar refractivity (Wildman–Crippen MR) is 109 cm³/mol. The lowest BCUT2D eigenvalue weighted by molar-refractivity contribution is 0.0955. The Morgan fingerprint density at radius 1 is 1.07 bits per heavy atom. The number of hydrogen-bond acceptors (Lipinski definition) is 4. The molecule has 5 heteroatoms. The van der Waals surface area contributed by atoms with E-state index in [1.165, 1.54) is 11.8 Å². The van der Waals surface area contributed by atoms with Crippen molar-refractivity contribution in [3.05, 3.63) is 95.8 Å². The van der Waals surface area contributed by atoms with E-state index in [-0.39, 0.29) is 5.91 Å². The molecule has 136 valence electrons. The van der Waals surface area contributed by atoms with Crippen molar-refractivity contribution < 1.29 is 4.79 Å². The van der Waals surface area contributed by atoms with E-state index in [0.717, 1.165) is 24.3 Å². The van der Waals surface area contributed by atoms with Crippen LogP contribution in [0.2, 0.25) is 0 Å². The molecule has 3 aromatic rings. The second-order valence-corrected chi connectivity index (χ2v) is 6.03. The van der Waals surface area contributed by atoms with Gasteiger partial charge >= 0.3 is 0 Å². The molecule has 1 heterocycles. The van der Waals surface area contributed by atoms with Gasteiger partial charge in [0.15, 0.2) is 0 Å². The van der Waals surface area contributed by atoms with E-state index in [4.69, 9.17) is 0 Å². The third kappa shape index (κ3) is 5.25. The van der Waals surface area contributed by atoms with Crippen LogP contribution in [0.5, 0.6) is 0 Å². The van der Waals surface area contributed by atoms with Crippen molar-refractivity contribution in [3.63, 3.8) is 0 Å². The lowest BCUT2D eigenvalue weighted by Crippen LogP contribution is -2.21. The first-order valence-electron chi connectivity index (χ1n) is 8.88. The van der Waals surface area contributed by atoms with Crippen LogP contribution in [0, 0.1) is 0 Å². The van der Waals surface area contributed by atoms with E-state index >= 15 is 0 Å². The van der Waals surface area contributed by atoms with Gasteiger partial charge in [-0.2, -0.15) is 5.10 Å². The fraction of sp³-hybridized carbons (Fsp3) is 0.136. The molecule has 1 amide bonds. The largest absolute Gasteiger partial charge is 0.367 e. The number of carbonyl (C=O) groups is 1. The fourth-order valence-electron chi connectivity index (χ4n) is 2.69. The van der Waals surface area contributed by atoms with E-state index in [0.29, 0.717) is 5.56 Å². The Labute approximate surface area is 159 Å². The number of nitrogens with zero attached hydrogens (tertiary/aromatic N) is 3. The topological polar surface area (TPSA) is 57.6 Å². The molecule has 0 bridgehead atoms. The van der Waals surface area contributed by atoms with Crippen LogP contribution < -0.4 is 10.3 Å². The minimum absolute atomic E-state index is 0.281. The number of benzene rings is 2. The summed E-state index contributed by atoms with van der Waals surface area (Å²) in [6.45, 7) is 3.93. The van der Waals surface area contributed by atoms with Crippen LogP contribution in [-0.4, -0.2) is 23.7 Å². The van der Waals surface area contributed by atoms with Crippen molar-refractivity contribution in [3.8, 4) is 0 Å². The van der Waals surface area contributed by atoms with Gasteiger partial charge in [0.25, 0.3) is 5.91 Å². The van der Waals surface area contributed by atoms with Gasteiger partial charge in [-0.15, -0.1) is 0 Å². The van der Waals surface area contributed by atoms with Crippen molar-refractivity contribution >= 4 is 17.8 Å². The van der Waals surface area contributed by atoms with Crippen molar-refractivity contribution in [2.24, 2.45) is 5.10 Å². The maximum atomic E-state index is 11.9. The Kier molecular flexibility index (Phi) is 6.30. The number of anilines is 1. The van der Waals surface area contributed by atoms with Gasteiger partial charge in [0.2, 0.25) is 0 Å². The van der Waals surface area contributed by atoms with E-state index in [1.807, 2.05) is 18.2 Å². The summed E-state index contributed by atoms with van der Waals surface area (Å²) >= 11 is 0. The highest BCUT2D eigenvalue weighted by Crippen LogP contribution is 2.17. The van der Waals surface area contributed by atoms with Crippen molar-refractivity contribution in [1.29, 1.82) is 0 Å². The quantitative estimate of drug-likeness (QED) is 0.515. The molecule has 0 saturated carbocycles. The van der Waals surface area contributed by atoms with Crippen LogP contribution in [0.15, 0.2) is 84.2 Å². The Balaban J connectivity index is 1.60. The molecule has 2 aromatic carbocycles. The molecule has 0 spiro atoms. The summed E-state index contributed by atoms with van der Waals surface area (Å²) in [5.74, 6) is -0.281. The first-order chi connectivity index (χ1) is 13.3. The minimum Gasteiger partial charge on any atom is -0.367 e. The second-order valence-electron chi connectivity index (χ2n) is 6.03. The number of amides is 1. The molecule has 0 aliphatic rings. The zero-order chi connectivity index (χ0) is 18.9. The molecule has 27 heavy (non-hydrogen) atoms. The maximum Gasteiger partial charge on any atom is 0.272 e. The van der Waals surface area contributed by atoms with Gasteiger partial charge in [-0.1, -0.05) is 42.5 Å². The van der Waals surface area contributed by atoms with Gasteiger partial charge in [-0.25, -0.2) is 5.43 Å². The molecule has 0 saturated heterocycles. The molecule has 5 nitrogen and oxygen atoms in total. The van der Waals surface area contributed by atoms with Gasteiger partial charge in [0, 0.05) is 31.2 Å². The summed E-state index contributed by atoms with van der Waals surface area (Å²) in [7, 11) is 0. The molecule has 0 aliphatic heterocycles. The van der Waals surface area contributed by atoms with E-state index in [2.05, 4.69) is 63.7 Å². The number of carbonyl (C=O) groups excluding carboxylic acids is 1.